The molecule has 0 aliphatic heterocycles. The molecule has 1 rings (SSSR count). The molecule has 0 radical (unpaired) electrons. The SMILES string of the molecule is CC(=O)Nc1ccc(OC(F)F)cc1Cl. The molecule has 0 bridgehead atoms. The monoisotopic (exact) mass is 235 g/mol. The molecule has 3 nitrogen and oxygen atoms in total. The Labute approximate surface area is 90.0 Å². The maximum Gasteiger partial charge on any atom is 0.387 e. The van der Waals surface area contributed by atoms with E-state index in [-0.39, 0.29) is 16.7 Å². The molecular weight excluding hydrogens is 228 g/mol. The predicted molar refractivity (Wildman–Crippen MR) is 52.4 cm³/mol. The highest BCUT2D eigenvalue weighted by molar-refractivity contribution is 6.33. The van der Waals surface area contributed by atoms with Gasteiger partial charge >= 0.3 is 6.61 Å². The number of hydrogen-bond donors (Lipinski definition) is 1. The molecule has 1 N–H and O–H groups in total. The minimum atomic E-state index is -2.90. The second-order valence-corrected chi connectivity index (χ2v) is 3.11. The molecule has 0 aliphatic rings. The average Bonchev–Trinajstić information content (AvgIpc) is 2.08. The first-order chi connectivity index (χ1) is 6.99. The summed E-state index contributed by atoms with van der Waals surface area (Å²) in [6.45, 7) is -1.58. The average molecular weight is 236 g/mol. The van der Waals surface area contributed by atoms with Crippen LogP contribution >= 0.6 is 11.6 Å². The van der Waals surface area contributed by atoms with Gasteiger partial charge in [0.2, 0.25) is 5.91 Å². The Bertz CT molecular complexity index is 371. The molecule has 1 aromatic carbocycles. The number of anilines is 1. The Balaban J connectivity index is 2.83. The summed E-state index contributed by atoms with van der Waals surface area (Å²) in [5.41, 5.74) is 0.353. The molecule has 0 heterocycles. The fourth-order valence-corrected chi connectivity index (χ4v) is 1.18. The summed E-state index contributed by atoms with van der Waals surface area (Å²) in [7, 11) is 0. The van der Waals surface area contributed by atoms with E-state index >= 15 is 0 Å². The fraction of sp³-hybridized carbons (Fsp3) is 0.222. The van der Waals surface area contributed by atoms with Crippen molar-refractivity contribution in [2.24, 2.45) is 0 Å². The Morgan fingerprint density at radius 3 is 2.67 bits per heavy atom. The van der Waals surface area contributed by atoms with Crippen molar-refractivity contribution in [3.05, 3.63) is 23.2 Å². The van der Waals surface area contributed by atoms with Gasteiger partial charge in [0, 0.05) is 13.0 Å². The van der Waals surface area contributed by atoms with Crippen LogP contribution in [-0.4, -0.2) is 12.5 Å². The number of rotatable bonds is 3. The lowest BCUT2D eigenvalue weighted by Gasteiger charge is -2.08. The number of alkyl halides is 2. The van der Waals surface area contributed by atoms with Crippen molar-refractivity contribution >= 4 is 23.2 Å². The fourth-order valence-electron chi connectivity index (χ4n) is 0.963. The zero-order valence-electron chi connectivity index (χ0n) is 7.76. The summed E-state index contributed by atoms with van der Waals surface area (Å²) in [6.07, 6.45) is 0. The van der Waals surface area contributed by atoms with Crippen molar-refractivity contribution in [3.63, 3.8) is 0 Å². The Morgan fingerprint density at radius 1 is 1.53 bits per heavy atom. The second kappa shape index (κ2) is 4.93. The molecule has 0 fully saturated rings. The standard InChI is InChI=1S/C9H8ClF2NO2/c1-5(14)13-8-3-2-6(4-7(8)10)15-9(11)12/h2-4,9H,1H3,(H,13,14). The number of carbonyl (C=O) groups excluding carboxylic acids is 1. The molecule has 0 spiro atoms. The molecule has 0 atom stereocenters. The van der Waals surface area contributed by atoms with Crippen LogP contribution in [0.4, 0.5) is 14.5 Å². The molecule has 0 saturated heterocycles. The van der Waals surface area contributed by atoms with Gasteiger partial charge in [-0.15, -0.1) is 0 Å². The van der Waals surface area contributed by atoms with E-state index in [9.17, 15) is 13.6 Å². The van der Waals surface area contributed by atoms with E-state index in [0.717, 1.165) is 0 Å². The van der Waals surface area contributed by atoms with Gasteiger partial charge in [-0.2, -0.15) is 8.78 Å². The largest absolute Gasteiger partial charge is 0.435 e. The van der Waals surface area contributed by atoms with Crippen LogP contribution in [-0.2, 0) is 4.79 Å². The normalized spacial score (nSPS) is 10.2. The molecule has 0 aliphatic carbocycles. The van der Waals surface area contributed by atoms with Crippen molar-refractivity contribution in [1.82, 2.24) is 0 Å². The lowest BCUT2D eigenvalue weighted by atomic mass is 10.3. The molecule has 0 saturated carbocycles. The van der Waals surface area contributed by atoms with Gasteiger partial charge in [-0.25, -0.2) is 0 Å². The Hall–Kier alpha value is -1.36. The summed E-state index contributed by atoms with van der Waals surface area (Å²) in [5, 5.41) is 2.58. The summed E-state index contributed by atoms with van der Waals surface area (Å²) in [6, 6.07) is 3.89. The predicted octanol–water partition coefficient (Wildman–Crippen LogP) is 2.90. The van der Waals surface area contributed by atoms with E-state index in [2.05, 4.69) is 10.1 Å². The lowest BCUT2D eigenvalue weighted by molar-refractivity contribution is -0.114. The molecular formula is C9H8ClF2NO2. The van der Waals surface area contributed by atoms with Gasteiger partial charge in [-0.1, -0.05) is 11.6 Å². The quantitative estimate of drug-likeness (QED) is 0.875. The van der Waals surface area contributed by atoms with E-state index in [1.165, 1.54) is 25.1 Å². The lowest BCUT2D eigenvalue weighted by Crippen LogP contribution is -2.07. The molecule has 1 aromatic rings. The first kappa shape index (κ1) is 11.7. The minimum absolute atomic E-state index is 0.0518. The maximum absolute atomic E-state index is 11.8. The third kappa shape index (κ3) is 3.71. The first-order valence-electron chi connectivity index (χ1n) is 4.01. The second-order valence-electron chi connectivity index (χ2n) is 2.70. The zero-order chi connectivity index (χ0) is 11.4. The van der Waals surface area contributed by atoms with Crippen molar-refractivity contribution in [2.45, 2.75) is 13.5 Å². The molecule has 15 heavy (non-hydrogen) atoms. The van der Waals surface area contributed by atoms with Crippen LogP contribution in [0.2, 0.25) is 5.02 Å². The van der Waals surface area contributed by atoms with Gasteiger partial charge in [0.25, 0.3) is 0 Å². The van der Waals surface area contributed by atoms with Gasteiger partial charge in [0.15, 0.2) is 0 Å². The van der Waals surface area contributed by atoms with E-state index in [1.54, 1.807) is 0 Å². The molecule has 82 valence electrons. The van der Waals surface area contributed by atoms with Gasteiger partial charge < -0.3 is 10.1 Å². The van der Waals surface area contributed by atoms with Crippen LogP contribution in [0.25, 0.3) is 0 Å². The van der Waals surface area contributed by atoms with Crippen LogP contribution in [0, 0.1) is 0 Å². The highest BCUT2D eigenvalue weighted by Gasteiger charge is 2.07. The van der Waals surface area contributed by atoms with Gasteiger partial charge in [-0.05, 0) is 12.1 Å². The molecule has 1 amide bonds. The number of halogens is 3. The first-order valence-corrected chi connectivity index (χ1v) is 4.39. The molecule has 6 heteroatoms. The third-order valence-corrected chi connectivity index (χ3v) is 1.79. The maximum atomic E-state index is 11.8. The Morgan fingerprint density at radius 2 is 2.20 bits per heavy atom. The van der Waals surface area contributed by atoms with E-state index in [0.29, 0.717) is 5.69 Å². The molecule has 0 aromatic heterocycles. The van der Waals surface area contributed by atoms with Gasteiger partial charge in [0.1, 0.15) is 5.75 Å². The zero-order valence-corrected chi connectivity index (χ0v) is 8.52. The van der Waals surface area contributed by atoms with Crippen LogP contribution in [0.1, 0.15) is 6.92 Å². The summed E-state index contributed by atoms with van der Waals surface area (Å²) in [4.78, 5) is 10.7. The number of ether oxygens (including phenoxy) is 1. The summed E-state index contributed by atoms with van der Waals surface area (Å²) in [5.74, 6) is -0.344. The number of hydrogen-bond acceptors (Lipinski definition) is 2. The van der Waals surface area contributed by atoms with Crippen LogP contribution in [0.5, 0.6) is 5.75 Å². The van der Waals surface area contributed by atoms with Gasteiger partial charge in [-0.3, -0.25) is 4.79 Å². The third-order valence-electron chi connectivity index (χ3n) is 1.48. The topological polar surface area (TPSA) is 38.3 Å². The Kier molecular flexibility index (Phi) is 3.85. The molecule has 0 unspecified atom stereocenters. The number of carbonyl (C=O) groups is 1. The van der Waals surface area contributed by atoms with E-state index in [4.69, 9.17) is 11.6 Å². The number of nitrogens with one attached hydrogen (secondary N) is 1. The number of benzene rings is 1. The highest BCUT2D eigenvalue weighted by atomic mass is 35.5. The number of amides is 1. The van der Waals surface area contributed by atoms with Crippen LogP contribution in [0.15, 0.2) is 18.2 Å². The van der Waals surface area contributed by atoms with Crippen LogP contribution < -0.4 is 10.1 Å². The van der Waals surface area contributed by atoms with Crippen molar-refractivity contribution in [2.75, 3.05) is 5.32 Å². The smallest absolute Gasteiger partial charge is 0.387 e. The van der Waals surface area contributed by atoms with E-state index in [1.807, 2.05) is 0 Å². The minimum Gasteiger partial charge on any atom is -0.435 e. The van der Waals surface area contributed by atoms with E-state index < -0.39 is 6.61 Å². The summed E-state index contributed by atoms with van der Waals surface area (Å²) >= 11 is 5.72. The summed E-state index contributed by atoms with van der Waals surface area (Å²) < 4.78 is 27.8. The highest BCUT2D eigenvalue weighted by Crippen LogP contribution is 2.27. The van der Waals surface area contributed by atoms with Crippen molar-refractivity contribution < 1.29 is 18.3 Å². The van der Waals surface area contributed by atoms with Crippen molar-refractivity contribution in [1.29, 1.82) is 0 Å². The van der Waals surface area contributed by atoms with Crippen molar-refractivity contribution in [3.8, 4) is 5.75 Å². The van der Waals surface area contributed by atoms with Gasteiger partial charge in [0.05, 0.1) is 10.7 Å². The van der Waals surface area contributed by atoms with Crippen LogP contribution in [0.3, 0.4) is 0 Å².